The molecule has 7 heteroatoms. The van der Waals surface area contributed by atoms with Crippen LogP contribution in [0.5, 0.6) is 5.75 Å². The Labute approximate surface area is 107 Å². The summed E-state index contributed by atoms with van der Waals surface area (Å²) in [4.78, 5) is 11.7. The molecule has 98 valence electrons. The molecule has 0 saturated carbocycles. The lowest BCUT2D eigenvalue weighted by Gasteiger charge is -2.12. The molecule has 0 spiro atoms. The molecule has 0 bridgehead atoms. The number of phenolic OH excluding ortho intramolecular Hbond substituents is 1. The summed E-state index contributed by atoms with van der Waals surface area (Å²) in [5.41, 5.74) is 0.101. The van der Waals surface area contributed by atoms with Gasteiger partial charge in [-0.3, -0.25) is 10.1 Å². The molecule has 1 fully saturated rings. The third-order valence-corrected chi connectivity index (χ3v) is 2.98. The number of para-hydroxylation sites is 1. The predicted octanol–water partition coefficient (Wildman–Crippen LogP) is 1.98. The Morgan fingerprint density at radius 3 is 2.89 bits per heavy atom. The number of hydrogen-bond acceptors (Lipinski definition) is 3. The summed E-state index contributed by atoms with van der Waals surface area (Å²) in [6.07, 6.45) is -0.555. The van der Waals surface area contributed by atoms with Crippen LogP contribution in [0.2, 0.25) is 5.02 Å². The van der Waals surface area contributed by atoms with Gasteiger partial charge in [-0.2, -0.15) is 0 Å². The van der Waals surface area contributed by atoms with E-state index in [0.717, 1.165) is 0 Å². The molecule has 1 aromatic rings. The number of aromatic hydroxyl groups is 1. The van der Waals surface area contributed by atoms with Crippen LogP contribution in [0.3, 0.4) is 0 Å². The third-order valence-electron chi connectivity index (χ3n) is 2.67. The molecule has 0 radical (unpaired) electrons. The van der Waals surface area contributed by atoms with E-state index < -0.39 is 30.8 Å². The standard InChI is InChI=1S/C11H11ClF2N2O2/c12-6-2-1-3-7(9(6)17)16-10(18)8-4-11(13,14)5-15-8/h1-3,8,15,17H,4-5H2,(H,16,18). The van der Waals surface area contributed by atoms with E-state index in [9.17, 15) is 18.7 Å². The van der Waals surface area contributed by atoms with Gasteiger partial charge in [0.05, 0.1) is 23.3 Å². The van der Waals surface area contributed by atoms with Crippen molar-refractivity contribution in [1.29, 1.82) is 0 Å². The zero-order chi connectivity index (χ0) is 13.3. The van der Waals surface area contributed by atoms with Crippen molar-refractivity contribution in [3.8, 4) is 5.75 Å². The fourth-order valence-corrected chi connectivity index (χ4v) is 1.91. The number of alkyl halides is 2. The summed E-state index contributed by atoms with van der Waals surface area (Å²) in [5.74, 6) is -3.78. The van der Waals surface area contributed by atoms with Crippen molar-refractivity contribution in [1.82, 2.24) is 5.32 Å². The minimum absolute atomic E-state index is 0.0810. The van der Waals surface area contributed by atoms with Crippen LogP contribution >= 0.6 is 11.6 Å². The first-order valence-corrected chi connectivity index (χ1v) is 5.66. The van der Waals surface area contributed by atoms with Crippen molar-refractivity contribution in [2.75, 3.05) is 11.9 Å². The largest absolute Gasteiger partial charge is 0.504 e. The molecule has 18 heavy (non-hydrogen) atoms. The molecule has 4 nitrogen and oxygen atoms in total. The van der Waals surface area contributed by atoms with Crippen LogP contribution in [0, 0.1) is 0 Å². The van der Waals surface area contributed by atoms with Gasteiger partial charge in [0.2, 0.25) is 5.91 Å². The Morgan fingerprint density at radius 2 is 2.28 bits per heavy atom. The number of hydrogen-bond donors (Lipinski definition) is 3. The number of carbonyl (C=O) groups excluding carboxylic acids is 1. The summed E-state index contributed by atoms with van der Waals surface area (Å²) >= 11 is 5.67. The third kappa shape index (κ3) is 2.70. The average Bonchev–Trinajstić information content (AvgIpc) is 2.65. The van der Waals surface area contributed by atoms with Gasteiger partial charge in [-0.25, -0.2) is 8.78 Å². The highest BCUT2D eigenvalue weighted by Gasteiger charge is 2.42. The fourth-order valence-electron chi connectivity index (χ4n) is 1.74. The Balaban J connectivity index is 2.06. The van der Waals surface area contributed by atoms with Crippen LogP contribution in [-0.4, -0.2) is 29.5 Å². The van der Waals surface area contributed by atoms with E-state index in [1.807, 2.05) is 0 Å². The molecule has 2 rings (SSSR count). The maximum absolute atomic E-state index is 12.9. The molecule has 0 aliphatic carbocycles. The molecule has 1 heterocycles. The van der Waals surface area contributed by atoms with Gasteiger partial charge in [0, 0.05) is 6.42 Å². The van der Waals surface area contributed by atoms with Crippen LogP contribution in [0.15, 0.2) is 18.2 Å². The van der Waals surface area contributed by atoms with E-state index in [4.69, 9.17) is 11.6 Å². The minimum Gasteiger partial charge on any atom is -0.504 e. The van der Waals surface area contributed by atoms with Crippen molar-refractivity contribution in [2.45, 2.75) is 18.4 Å². The lowest BCUT2D eigenvalue weighted by atomic mass is 10.2. The van der Waals surface area contributed by atoms with Crippen molar-refractivity contribution in [3.05, 3.63) is 23.2 Å². The number of phenols is 1. The van der Waals surface area contributed by atoms with Crippen molar-refractivity contribution >= 4 is 23.2 Å². The zero-order valence-electron chi connectivity index (χ0n) is 9.21. The molecule has 1 aliphatic heterocycles. The summed E-state index contributed by atoms with van der Waals surface area (Å²) < 4.78 is 25.8. The van der Waals surface area contributed by atoms with E-state index >= 15 is 0 Å². The van der Waals surface area contributed by atoms with E-state index in [0.29, 0.717) is 0 Å². The fraction of sp³-hybridized carbons (Fsp3) is 0.364. The highest BCUT2D eigenvalue weighted by molar-refractivity contribution is 6.32. The number of benzene rings is 1. The first-order chi connectivity index (χ1) is 8.39. The Bertz CT molecular complexity index is 482. The predicted molar refractivity (Wildman–Crippen MR) is 63.1 cm³/mol. The Morgan fingerprint density at radius 1 is 1.56 bits per heavy atom. The zero-order valence-corrected chi connectivity index (χ0v) is 9.97. The maximum Gasteiger partial charge on any atom is 0.262 e. The summed E-state index contributed by atoms with van der Waals surface area (Å²) in [5, 5.41) is 14.4. The molecule has 1 aromatic carbocycles. The van der Waals surface area contributed by atoms with E-state index in [1.165, 1.54) is 18.2 Å². The molecule has 0 aromatic heterocycles. The van der Waals surface area contributed by atoms with Gasteiger partial charge in [-0.1, -0.05) is 17.7 Å². The molecule has 1 aliphatic rings. The second kappa shape index (κ2) is 4.70. The molecular formula is C11H11ClF2N2O2. The molecule has 1 saturated heterocycles. The lowest BCUT2D eigenvalue weighted by molar-refractivity contribution is -0.118. The van der Waals surface area contributed by atoms with Gasteiger partial charge in [0.15, 0.2) is 5.75 Å². The van der Waals surface area contributed by atoms with Crippen LogP contribution in [0.4, 0.5) is 14.5 Å². The van der Waals surface area contributed by atoms with Crippen molar-refractivity contribution in [3.63, 3.8) is 0 Å². The quantitative estimate of drug-likeness (QED) is 0.724. The normalized spacial score (nSPS) is 21.8. The highest BCUT2D eigenvalue weighted by Crippen LogP contribution is 2.32. The van der Waals surface area contributed by atoms with Crippen LogP contribution < -0.4 is 10.6 Å². The van der Waals surface area contributed by atoms with E-state index in [1.54, 1.807) is 0 Å². The summed E-state index contributed by atoms with van der Waals surface area (Å²) in [7, 11) is 0. The first-order valence-electron chi connectivity index (χ1n) is 5.28. The topological polar surface area (TPSA) is 61.4 Å². The average molecular weight is 277 g/mol. The van der Waals surface area contributed by atoms with Crippen molar-refractivity contribution < 1.29 is 18.7 Å². The Hall–Kier alpha value is -1.40. The van der Waals surface area contributed by atoms with Gasteiger partial charge in [-0.05, 0) is 12.1 Å². The molecule has 3 N–H and O–H groups in total. The van der Waals surface area contributed by atoms with Gasteiger partial charge >= 0.3 is 0 Å². The van der Waals surface area contributed by atoms with Crippen LogP contribution in [0.25, 0.3) is 0 Å². The molecule has 1 atom stereocenters. The maximum atomic E-state index is 12.9. The minimum atomic E-state index is -2.88. The van der Waals surface area contributed by atoms with E-state index in [-0.39, 0.29) is 16.5 Å². The lowest BCUT2D eigenvalue weighted by Crippen LogP contribution is -2.35. The van der Waals surface area contributed by atoms with Crippen molar-refractivity contribution in [2.24, 2.45) is 0 Å². The van der Waals surface area contributed by atoms with Gasteiger partial charge in [-0.15, -0.1) is 0 Å². The number of amides is 1. The number of halogens is 3. The number of rotatable bonds is 2. The SMILES string of the molecule is O=C(Nc1cccc(Cl)c1O)C1CC(F)(F)CN1. The molecular weight excluding hydrogens is 266 g/mol. The number of anilines is 1. The smallest absolute Gasteiger partial charge is 0.262 e. The molecule has 1 amide bonds. The van der Waals surface area contributed by atoms with Gasteiger partial charge < -0.3 is 10.4 Å². The van der Waals surface area contributed by atoms with Crippen LogP contribution in [0.1, 0.15) is 6.42 Å². The van der Waals surface area contributed by atoms with E-state index in [2.05, 4.69) is 10.6 Å². The Kier molecular flexibility index (Phi) is 3.41. The number of carbonyl (C=O) groups is 1. The van der Waals surface area contributed by atoms with Gasteiger partial charge in [0.25, 0.3) is 5.92 Å². The first kappa shape index (κ1) is 13.0. The monoisotopic (exact) mass is 276 g/mol. The van der Waals surface area contributed by atoms with Crippen LogP contribution in [-0.2, 0) is 4.79 Å². The summed E-state index contributed by atoms with van der Waals surface area (Å²) in [6, 6.07) is 3.45. The highest BCUT2D eigenvalue weighted by atomic mass is 35.5. The number of nitrogens with one attached hydrogen (secondary N) is 2. The van der Waals surface area contributed by atoms with Gasteiger partial charge in [0.1, 0.15) is 0 Å². The summed E-state index contributed by atoms with van der Waals surface area (Å²) in [6.45, 7) is -0.521. The molecule has 1 unspecified atom stereocenters. The second-order valence-corrected chi connectivity index (χ2v) is 4.53. The second-order valence-electron chi connectivity index (χ2n) is 4.12.